The van der Waals surface area contributed by atoms with Crippen molar-refractivity contribution in [3.63, 3.8) is 0 Å². The number of hydrogen-bond donors (Lipinski definition) is 1. The number of fused-ring (bicyclic) bond motifs is 1. The molecule has 32 heavy (non-hydrogen) atoms. The number of carbonyl (C=O) groups is 2. The summed E-state index contributed by atoms with van der Waals surface area (Å²) in [6.45, 7) is 3.59. The molecule has 0 spiro atoms. The van der Waals surface area contributed by atoms with Crippen LogP contribution in [-0.2, 0) is 11.8 Å². The number of carbonyl (C=O) groups excluding carboxylic acids is 2. The Morgan fingerprint density at radius 3 is 2.56 bits per heavy atom. The van der Waals surface area contributed by atoms with Gasteiger partial charge in [-0.05, 0) is 69.1 Å². The number of aromatic nitrogens is 2. The number of aryl methyl sites for hydroxylation is 1. The summed E-state index contributed by atoms with van der Waals surface area (Å²) in [4.78, 5) is 34.4. The molecule has 1 aromatic carbocycles. The highest BCUT2D eigenvalue weighted by atomic mass is 16.5. The number of benzene rings is 1. The van der Waals surface area contributed by atoms with Crippen molar-refractivity contribution in [1.29, 1.82) is 0 Å². The van der Waals surface area contributed by atoms with E-state index < -0.39 is 0 Å². The van der Waals surface area contributed by atoms with Crippen LogP contribution in [0.1, 0.15) is 67.5 Å². The average molecular weight is 441 g/mol. The fourth-order valence-corrected chi connectivity index (χ4v) is 5.14. The first kappa shape index (κ1) is 21.2. The SMILES string of the molecule is CCOc1cc(C2CC2)cc2c1nc(C(=O)N1CCN(C3CCC(O)CC3)C(=O)C1)n2C. The van der Waals surface area contributed by atoms with E-state index in [-0.39, 0.29) is 30.5 Å². The molecular formula is C24H32N4O4. The molecule has 2 saturated carbocycles. The van der Waals surface area contributed by atoms with Gasteiger partial charge in [0.1, 0.15) is 17.8 Å². The maximum Gasteiger partial charge on any atom is 0.290 e. The Morgan fingerprint density at radius 2 is 1.91 bits per heavy atom. The zero-order chi connectivity index (χ0) is 22.4. The summed E-state index contributed by atoms with van der Waals surface area (Å²) >= 11 is 0. The summed E-state index contributed by atoms with van der Waals surface area (Å²) in [6, 6.07) is 4.36. The molecule has 3 fully saturated rings. The Labute approximate surface area is 188 Å². The van der Waals surface area contributed by atoms with Crippen LogP contribution in [0.4, 0.5) is 0 Å². The Kier molecular flexibility index (Phi) is 5.57. The molecule has 0 unspecified atom stereocenters. The molecule has 0 radical (unpaired) electrons. The summed E-state index contributed by atoms with van der Waals surface area (Å²) in [5.74, 6) is 1.40. The Balaban J connectivity index is 1.36. The summed E-state index contributed by atoms with van der Waals surface area (Å²) in [5, 5.41) is 9.75. The van der Waals surface area contributed by atoms with E-state index in [9.17, 15) is 14.7 Å². The van der Waals surface area contributed by atoms with Gasteiger partial charge in [0.25, 0.3) is 5.91 Å². The molecule has 172 valence electrons. The highest BCUT2D eigenvalue weighted by Crippen LogP contribution is 2.43. The van der Waals surface area contributed by atoms with Crippen LogP contribution in [0.3, 0.4) is 0 Å². The van der Waals surface area contributed by atoms with Crippen LogP contribution in [0.25, 0.3) is 11.0 Å². The van der Waals surface area contributed by atoms with Crippen molar-refractivity contribution in [1.82, 2.24) is 19.4 Å². The van der Waals surface area contributed by atoms with E-state index >= 15 is 0 Å². The molecule has 2 amide bonds. The monoisotopic (exact) mass is 440 g/mol. The van der Waals surface area contributed by atoms with Gasteiger partial charge in [-0.2, -0.15) is 0 Å². The topological polar surface area (TPSA) is 87.9 Å². The summed E-state index contributed by atoms with van der Waals surface area (Å²) in [6.07, 6.45) is 5.26. The number of rotatable bonds is 5. The molecule has 1 saturated heterocycles. The fraction of sp³-hybridized carbons (Fsp3) is 0.625. The van der Waals surface area contributed by atoms with Crippen molar-refractivity contribution in [3.05, 3.63) is 23.5 Å². The fourth-order valence-electron chi connectivity index (χ4n) is 5.14. The molecule has 1 aromatic heterocycles. The van der Waals surface area contributed by atoms with E-state index in [4.69, 9.17) is 4.74 Å². The number of piperazine rings is 1. The van der Waals surface area contributed by atoms with Gasteiger partial charge in [0.05, 0.1) is 18.2 Å². The van der Waals surface area contributed by atoms with Gasteiger partial charge < -0.3 is 24.2 Å². The standard InChI is InChI=1S/C24H32N4O4/c1-3-32-20-13-16(15-4-5-15)12-19-22(20)25-23(26(19)2)24(31)27-10-11-28(21(30)14-27)17-6-8-18(29)9-7-17/h12-13,15,17-18,29H,3-11,14H2,1-2H3. The molecule has 2 heterocycles. The maximum absolute atomic E-state index is 13.4. The van der Waals surface area contributed by atoms with Crippen LogP contribution < -0.4 is 4.74 Å². The highest BCUT2D eigenvalue weighted by Gasteiger charge is 2.35. The lowest BCUT2D eigenvalue weighted by atomic mass is 9.91. The van der Waals surface area contributed by atoms with Gasteiger partial charge in [-0.3, -0.25) is 9.59 Å². The smallest absolute Gasteiger partial charge is 0.290 e. The molecule has 1 N–H and O–H groups in total. The quantitative estimate of drug-likeness (QED) is 0.772. The second-order valence-corrected chi connectivity index (χ2v) is 9.36. The number of amides is 2. The first-order valence-corrected chi connectivity index (χ1v) is 11.9. The van der Waals surface area contributed by atoms with Crippen molar-refractivity contribution in [2.45, 2.75) is 63.5 Å². The maximum atomic E-state index is 13.4. The molecule has 5 rings (SSSR count). The van der Waals surface area contributed by atoms with Gasteiger partial charge in [0.2, 0.25) is 5.91 Å². The summed E-state index contributed by atoms with van der Waals surface area (Å²) in [5.41, 5.74) is 2.84. The second-order valence-electron chi connectivity index (χ2n) is 9.36. The molecule has 8 nitrogen and oxygen atoms in total. The molecule has 0 bridgehead atoms. The van der Waals surface area contributed by atoms with Crippen molar-refractivity contribution in [2.75, 3.05) is 26.2 Å². The minimum atomic E-state index is -0.247. The van der Waals surface area contributed by atoms with Gasteiger partial charge in [-0.1, -0.05) is 0 Å². The zero-order valence-corrected chi connectivity index (χ0v) is 18.9. The molecule has 0 atom stereocenters. The van der Waals surface area contributed by atoms with Gasteiger partial charge in [0.15, 0.2) is 5.82 Å². The minimum Gasteiger partial charge on any atom is -0.492 e. The van der Waals surface area contributed by atoms with Crippen LogP contribution in [0, 0.1) is 0 Å². The van der Waals surface area contributed by atoms with E-state index in [0.29, 0.717) is 37.0 Å². The predicted octanol–water partition coefficient (Wildman–Crippen LogP) is 2.44. The van der Waals surface area contributed by atoms with Crippen molar-refractivity contribution >= 4 is 22.8 Å². The average Bonchev–Trinajstić information content (AvgIpc) is 3.58. The summed E-state index contributed by atoms with van der Waals surface area (Å²) < 4.78 is 7.70. The summed E-state index contributed by atoms with van der Waals surface area (Å²) in [7, 11) is 1.86. The number of aliphatic hydroxyl groups excluding tert-OH is 1. The third-order valence-corrected chi connectivity index (χ3v) is 7.17. The predicted molar refractivity (Wildman–Crippen MR) is 120 cm³/mol. The number of ether oxygens (including phenoxy) is 1. The van der Waals surface area contributed by atoms with Crippen LogP contribution in [0.2, 0.25) is 0 Å². The molecular weight excluding hydrogens is 408 g/mol. The van der Waals surface area contributed by atoms with Crippen LogP contribution in [0.15, 0.2) is 12.1 Å². The zero-order valence-electron chi connectivity index (χ0n) is 18.9. The van der Waals surface area contributed by atoms with Crippen molar-refractivity contribution in [3.8, 4) is 5.75 Å². The van der Waals surface area contributed by atoms with E-state index in [1.165, 1.54) is 18.4 Å². The number of nitrogens with zero attached hydrogens (tertiary/aromatic N) is 4. The first-order chi connectivity index (χ1) is 15.5. The Bertz CT molecular complexity index is 1040. The van der Waals surface area contributed by atoms with Gasteiger partial charge in [-0.15, -0.1) is 0 Å². The van der Waals surface area contributed by atoms with E-state index in [1.54, 1.807) is 4.90 Å². The van der Waals surface area contributed by atoms with E-state index in [2.05, 4.69) is 17.1 Å². The second kappa shape index (κ2) is 8.39. The molecule has 2 aromatic rings. The van der Waals surface area contributed by atoms with Gasteiger partial charge in [-0.25, -0.2) is 4.98 Å². The Hall–Kier alpha value is -2.61. The molecule has 1 aliphatic heterocycles. The first-order valence-electron chi connectivity index (χ1n) is 11.9. The number of aliphatic hydroxyl groups is 1. The van der Waals surface area contributed by atoms with E-state index in [1.807, 2.05) is 23.4 Å². The lowest BCUT2D eigenvalue weighted by molar-refractivity contribution is -0.138. The minimum absolute atomic E-state index is 0.0178. The van der Waals surface area contributed by atoms with Gasteiger partial charge in [0, 0.05) is 26.2 Å². The van der Waals surface area contributed by atoms with Crippen LogP contribution >= 0.6 is 0 Å². The molecule has 3 aliphatic rings. The van der Waals surface area contributed by atoms with Crippen LogP contribution in [-0.4, -0.2) is 74.7 Å². The number of imidazole rings is 1. The van der Waals surface area contributed by atoms with Gasteiger partial charge >= 0.3 is 0 Å². The molecule has 8 heteroatoms. The largest absolute Gasteiger partial charge is 0.492 e. The third kappa shape index (κ3) is 3.85. The highest BCUT2D eigenvalue weighted by molar-refractivity contribution is 5.98. The van der Waals surface area contributed by atoms with Crippen molar-refractivity contribution in [2.24, 2.45) is 7.05 Å². The van der Waals surface area contributed by atoms with Crippen molar-refractivity contribution < 1.29 is 19.4 Å². The lowest BCUT2D eigenvalue weighted by Crippen LogP contribution is -2.56. The molecule has 2 aliphatic carbocycles. The van der Waals surface area contributed by atoms with Crippen LogP contribution in [0.5, 0.6) is 5.75 Å². The lowest BCUT2D eigenvalue weighted by Gasteiger charge is -2.41. The normalized spacial score (nSPS) is 24.3. The third-order valence-electron chi connectivity index (χ3n) is 7.17. The Morgan fingerprint density at radius 1 is 1.16 bits per heavy atom. The number of hydrogen-bond acceptors (Lipinski definition) is 5. The van der Waals surface area contributed by atoms with E-state index in [0.717, 1.165) is 36.9 Å².